The van der Waals surface area contributed by atoms with Crippen LogP contribution in [-0.4, -0.2) is 31.7 Å². The molecule has 0 spiro atoms. The van der Waals surface area contributed by atoms with Gasteiger partial charge in [0.05, 0.1) is 7.11 Å². The molecule has 0 aromatic heterocycles. The number of carbonyl (C=O) groups excluding carboxylic acids is 2. The molecule has 0 aliphatic rings. The molecular weight excluding hydrogens is 358 g/mol. The molecule has 0 aliphatic heterocycles. The van der Waals surface area contributed by atoms with Gasteiger partial charge in [0, 0.05) is 11.8 Å². The van der Waals surface area contributed by atoms with Crippen LogP contribution in [0.25, 0.3) is 10.8 Å². The number of nitrogens with one attached hydrogen (secondary N) is 1. The Kier molecular flexibility index (Phi) is 6.11. The minimum Gasteiger partial charge on any atom is -0.497 e. The van der Waals surface area contributed by atoms with Gasteiger partial charge in [0.25, 0.3) is 5.91 Å². The summed E-state index contributed by atoms with van der Waals surface area (Å²) >= 11 is 0. The first kappa shape index (κ1) is 19.2. The number of rotatable bonds is 7. The third-order valence-corrected chi connectivity index (χ3v) is 4.09. The molecule has 0 bridgehead atoms. The number of carbonyl (C=O) groups is 2. The van der Waals surface area contributed by atoms with E-state index in [0.29, 0.717) is 17.2 Å². The summed E-state index contributed by atoms with van der Waals surface area (Å²) in [4.78, 5) is 24.2. The Labute approximate surface area is 163 Å². The summed E-state index contributed by atoms with van der Waals surface area (Å²) in [6, 6.07) is 20.3. The number of methoxy groups -OCH3 is 1. The van der Waals surface area contributed by atoms with Gasteiger partial charge in [-0.2, -0.15) is 0 Å². The van der Waals surface area contributed by atoms with Gasteiger partial charge >= 0.3 is 5.97 Å². The number of benzene rings is 3. The Balaban J connectivity index is 1.50. The van der Waals surface area contributed by atoms with Crippen LogP contribution in [0, 0.1) is 0 Å². The molecule has 0 heterocycles. The summed E-state index contributed by atoms with van der Waals surface area (Å²) in [5, 5.41) is 4.78. The Morgan fingerprint density at radius 3 is 2.50 bits per heavy atom. The molecular formula is C22H21NO5. The average Bonchev–Trinajstić information content (AvgIpc) is 2.72. The standard InChI is InChI=1S/C22H21NO5/c1-15(22(25)23-18-8-5-9-19(13-18)26-2)28-21(24)14-27-20-11-10-16-6-3-4-7-17(16)12-20/h3-13,15H,14H2,1-2H3,(H,23,25)/t15-/m0/s1. The van der Waals surface area contributed by atoms with Gasteiger partial charge in [0.15, 0.2) is 12.7 Å². The van der Waals surface area contributed by atoms with Gasteiger partial charge in [-0.3, -0.25) is 4.79 Å². The molecule has 6 heteroatoms. The van der Waals surface area contributed by atoms with E-state index in [9.17, 15) is 9.59 Å². The second kappa shape index (κ2) is 8.90. The number of hydrogen-bond donors (Lipinski definition) is 1. The monoisotopic (exact) mass is 379 g/mol. The molecule has 0 saturated heterocycles. The lowest BCUT2D eigenvalue weighted by atomic mass is 10.1. The molecule has 3 rings (SSSR count). The van der Waals surface area contributed by atoms with Crippen LogP contribution in [-0.2, 0) is 14.3 Å². The van der Waals surface area contributed by atoms with E-state index in [0.717, 1.165) is 10.8 Å². The normalized spacial score (nSPS) is 11.5. The van der Waals surface area contributed by atoms with Crippen molar-refractivity contribution in [2.45, 2.75) is 13.0 Å². The maximum atomic E-state index is 12.2. The highest BCUT2D eigenvalue weighted by molar-refractivity contribution is 5.95. The first-order valence-electron chi connectivity index (χ1n) is 8.81. The van der Waals surface area contributed by atoms with E-state index in [1.165, 1.54) is 6.92 Å². The van der Waals surface area contributed by atoms with Crippen molar-refractivity contribution in [2.24, 2.45) is 0 Å². The minimum absolute atomic E-state index is 0.283. The van der Waals surface area contributed by atoms with E-state index in [1.807, 2.05) is 36.4 Å². The maximum absolute atomic E-state index is 12.2. The van der Waals surface area contributed by atoms with Gasteiger partial charge in [0.2, 0.25) is 0 Å². The first-order chi connectivity index (χ1) is 13.5. The molecule has 0 saturated carbocycles. The zero-order valence-corrected chi connectivity index (χ0v) is 15.7. The molecule has 0 aliphatic carbocycles. The molecule has 3 aromatic carbocycles. The predicted octanol–water partition coefficient (Wildman–Crippen LogP) is 3.80. The molecule has 0 fully saturated rings. The largest absolute Gasteiger partial charge is 0.497 e. The molecule has 1 atom stereocenters. The van der Waals surface area contributed by atoms with Gasteiger partial charge in [-0.15, -0.1) is 0 Å². The zero-order chi connectivity index (χ0) is 19.9. The third kappa shape index (κ3) is 5.01. The lowest BCUT2D eigenvalue weighted by Gasteiger charge is -2.14. The van der Waals surface area contributed by atoms with Crippen molar-refractivity contribution >= 4 is 28.3 Å². The summed E-state index contributed by atoms with van der Waals surface area (Å²) in [6.45, 7) is 1.22. The summed E-state index contributed by atoms with van der Waals surface area (Å²) in [5.41, 5.74) is 0.555. The van der Waals surface area contributed by atoms with Crippen molar-refractivity contribution in [2.75, 3.05) is 19.0 Å². The van der Waals surface area contributed by atoms with Crippen LogP contribution in [0.2, 0.25) is 0 Å². The van der Waals surface area contributed by atoms with Crippen molar-refractivity contribution in [1.29, 1.82) is 0 Å². The van der Waals surface area contributed by atoms with E-state index < -0.39 is 18.0 Å². The first-order valence-corrected chi connectivity index (χ1v) is 8.81. The molecule has 6 nitrogen and oxygen atoms in total. The van der Waals surface area contributed by atoms with E-state index in [1.54, 1.807) is 37.4 Å². The summed E-state index contributed by atoms with van der Waals surface area (Å²) in [6.07, 6.45) is -0.959. The van der Waals surface area contributed by atoms with Crippen LogP contribution < -0.4 is 14.8 Å². The second-order valence-electron chi connectivity index (χ2n) is 6.15. The van der Waals surface area contributed by atoms with Gasteiger partial charge in [0.1, 0.15) is 11.5 Å². The summed E-state index contributed by atoms with van der Waals surface area (Å²) in [5.74, 6) is 0.115. The van der Waals surface area contributed by atoms with Crippen LogP contribution in [0.1, 0.15) is 6.92 Å². The number of esters is 1. The van der Waals surface area contributed by atoms with Crippen molar-refractivity contribution in [3.63, 3.8) is 0 Å². The Morgan fingerprint density at radius 1 is 0.929 bits per heavy atom. The third-order valence-electron chi connectivity index (χ3n) is 4.09. The number of fused-ring (bicyclic) bond motifs is 1. The van der Waals surface area contributed by atoms with E-state index >= 15 is 0 Å². The van der Waals surface area contributed by atoms with E-state index in [2.05, 4.69) is 5.32 Å². The fraction of sp³-hybridized carbons (Fsp3) is 0.182. The van der Waals surface area contributed by atoms with Crippen molar-refractivity contribution in [3.8, 4) is 11.5 Å². The highest BCUT2D eigenvalue weighted by atomic mass is 16.6. The smallest absolute Gasteiger partial charge is 0.344 e. The van der Waals surface area contributed by atoms with Crippen LogP contribution in [0.3, 0.4) is 0 Å². The summed E-state index contributed by atoms with van der Waals surface area (Å²) in [7, 11) is 1.54. The molecule has 144 valence electrons. The number of anilines is 1. The van der Waals surface area contributed by atoms with E-state index in [4.69, 9.17) is 14.2 Å². The fourth-order valence-corrected chi connectivity index (χ4v) is 2.63. The molecule has 0 radical (unpaired) electrons. The van der Waals surface area contributed by atoms with E-state index in [-0.39, 0.29) is 6.61 Å². The van der Waals surface area contributed by atoms with Gasteiger partial charge in [-0.05, 0) is 42.0 Å². The second-order valence-corrected chi connectivity index (χ2v) is 6.15. The highest BCUT2D eigenvalue weighted by Gasteiger charge is 2.18. The van der Waals surface area contributed by atoms with Gasteiger partial charge in [-0.25, -0.2) is 4.79 Å². The topological polar surface area (TPSA) is 73.9 Å². The lowest BCUT2D eigenvalue weighted by Crippen LogP contribution is -2.31. The van der Waals surface area contributed by atoms with Crippen molar-refractivity contribution < 1.29 is 23.8 Å². The zero-order valence-electron chi connectivity index (χ0n) is 15.7. The SMILES string of the molecule is COc1cccc(NC(=O)[C@H](C)OC(=O)COc2ccc3ccccc3c2)c1. The van der Waals surface area contributed by atoms with Crippen molar-refractivity contribution in [1.82, 2.24) is 0 Å². The quantitative estimate of drug-likeness (QED) is 0.632. The molecule has 1 amide bonds. The van der Waals surface area contributed by atoms with Gasteiger partial charge in [-0.1, -0.05) is 36.4 Å². The highest BCUT2D eigenvalue weighted by Crippen LogP contribution is 2.20. The van der Waals surface area contributed by atoms with Crippen LogP contribution >= 0.6 is 0 Å². The Hall–Kier alpha value is -3.54. The average molecular weight is 379 g/mol. The van der Waals surface area contributed by atoms with Crippen LogP contribution in [0.4, 0.5) is 5.69 Å². The summed E-state index contributed by atoms with van der Waals surface area (Å²) < 4.78 is 15.7. The van der Waals surface area contributed by atoms with Crippen LogP contribution in [0.15, 0.2) is 66.7 Å². The van der Waals surface area contributed by atoms with Gasteiger partial charge < -0.3 is 19.5 Å². The molecule has 1 N–H and O–H groups in total. The minimum atomic E-state index is -0.959. The number of ether oxygens (including phenoxy) is 3. The Morgan fingerprint density at radius 2 is 1.71 bits per heavy atom. The molecule has 0 unspecified atom stereocenters. The predicted molar refractivity (Wildman–Crippen MR) is 107 cm³/mol. The molecule has 3 aromatic rings. The Bertz CT molecular complexity index is 985. The molecule has 28 heavy (non-hydrogen) atoms. The fourth-order valence-electron chi connectivity index (χ4n) is 2.63. The number of hydrogen-bond acceptors (Lipinski definition) is 5. The van der Waals surface area contributed by atoms with Crippen LogP contribution in [0.5, 0.6) is 11.5 Å². The van der Waals surface area contributed by atoms with Crippen molar-refractivity contribution in [3.05, 3.63) is 66.7 Å². The lowest BCUT2D eigenvalue weighted by molar-refractivity contribution is -0.155. The number of amides is 1. The maximum Gasteiger partial charge on any atom is 0.344 e.